The molecular weight excluding hydrogens is 432 g/mol. The molecule has 2 aromatic carbocycles. The molecule has 0 fully saturated rings. The minimum atomic E-state index is 0.475. The highest BCUT2D eigenvalue weighted by Gasteiger charge is 2.05. The Kier molecular flexibility index (Phi) is 10.8. The Hall–Kier alpha value is -3.53. The molecule has 180 valence electrons. The van der Waals surface area contributed by atoms with Crippen molar-refractivity contribution in [1.29, 1.82) is 0 Å². The van der Waals surface area contributed by atoms with E-state index in [1.807, 2.05) is 66.7 Å². The van der Waals surface area contributed by atoms with Crippen LogP contribution in [0.5, 0.6) is 5.75 Å². The summed E-state index contributed by atoms with van der Waals surface area (Å²) in [6.07, 6.45) is 3.84. The number of methoxy groups -OCH3 is 1. The minimum Gasteiger partial charge on any atom is -0.497 e. The van der Waals surface area contributed by atoms with Gasteiger partial charge >= 0.3 is 0 Å². The summed E-state index contributed by atoms with van der Waals surface area (Å²) in [4.78, 5) is 13.6. The summed E-state index contributed by atoms with van der Waals surface area (Å²) in [6.45, 7) is 3.72. The van der Waals surface area contributed by atoms with Crippen molar-refractivity contribution < 1.29 is 14.2 Å². The molecule has 0 radical (unpaired) electrons. The number of hydrogen-bond acceptors (Lipinski definition) is 9. The molecule has 3 rings (SSSR count). The van der Waals surface area contributed by atoms with E-state index in [-0.39, 0.29) is 0 Å². The first-order valence-corrected chi connectivity index (χ1v) is 11.2. The van der Waals surface area contributed by atoms with Gasteiger partial charge in [0.15, 0.2) is 5.82 Å². The predicted molar refractivity (Wildman–Crippen MR) is 135 cm³/mol. The van der Waals surface area contributed by atoms with E-state index in [2.05, 4.69) is 25.6 Å². The zero-order valence-electron chi connectivity index (χ0n) is 19.4. The van der Waals surface area contributed by atoms with Crippen molar-refractivity contribution in [3.8, 4) is 5.75 Å². The fraction of sp³-hybridized carbons (Fsp3) is 0.320. The quantitative estimate of drug-likeness (QED) is 0.292. The van der Waals surface area contributed by atoms with E-state index in [0.717, 1.165) is 16.9 Å². The monoisotopic (exact) mass is 464 g/mol. The Morgan fingerprint density at radius 1 is 0.794 bits per heavy atom. The Bertz CT molecular complexity index is 999. The van der Waals surface area contributed by atoms with Crippen molar-refractivity contribution >= 4 is 24.0 Å². The SMILES string of the molecule is COc1ccc(CNc2nc(/C=C/c3ccccc3)nc(NCCOCCOCCN)n2)cc1. The molecular formula is C25H32N6O3. The highest BCUT2D eigenvalue weighted by molar-refractivity contribution is 5.67. The van der Waals surface area contributed by atoms with E-state index >= 15 is 0 Å². The fourth-order valence-electron chi connectivity index (χ4n) is 2.92. The van der Waals surface area contributed by atoms with Crippen molar-refractivity contribution in [2.75, 3.05) is 57.3 Å². The largest absolute Gasteiger partial charge is 0.497 e. The number of ether oxygens (including phenoxy) is 3. The standard InChI is InChI=1S/C25H32N6O3/c1-32-22-10-7-21(8-11-22)19-28-25-30-23(12-9-20-5-3-2-4-6-20)29-24(31-25)27-14-16-34-18-17-33-15-13-26/h2-12H,13-19,26H2,1H3,(H2,27,28,29,30,31)/b12-9+. The van der Waals surface area contributed by atoms with Crippen LogP contribution in [0.1, 0.15) is 17.0 Å². The van der Waals surface area contributed by atoms with Crippen LogP contribution in [0.15, 0.2) is 54.6 Å². The molecule has 0 spiro atoms. The van der Waals surface area contributed by atoms with Crippen LogP contribution in [0.4, 0.5) is 11.9 Å². The minimum absolute atomic E-state index is 0.475. The van der Waals surface area contributed by atoms with Gasteiger partial charge in [-0.1, -0.05) is 48.5 Å². The topological polar surface area (TPSA) is 116 Å². The predicted octanol–water partition coefficient (Wildman–Crippen LogP) is 3.07. The molecule has 0 atom stereocenters. The van der Waals surface area contributed by atoms with Gasteiger partial charge in [0.2, 0.25) is 11.9 Å². The molecule has 0 aliphatic heterocycles. The number of nitrogens with one attached hydrogen (secondary N) is 2. The van der Waals surface area contributed by atoms with Gasteiger partial charge in [-0.3, -0.25) is 0 Å². The maximum atomic E-state index is 5.55. The number of nitrogens with zero attached hydrogens (tertiary/aromatic N) is 3. The number of anilines is 2. The van der Waals surface area contributed by atoms with Gasteiger partial charge in [0, 0.05) is 19.6 Å². The lowest BCUT2D eigenvalue weighted by Gasteiger charge is -2.10. The molecule has 9 heteroatoms. The number of rotatable bonds is 15. The Labute approximate surface area is 200 Å². The molecule has 1 aromatic heterocycles. The second kappa shape index (κ2) is 14.6. The molecule has 0 saturated carbocycles. The van der Waals surface area contributed by atoms with Gasteiger partial charge in [0.25, 0.3) is 0 Å². The molecule has 0 saturated heterocycles. The summed E-state index contributed by atoms with van der Waals surface area (Å²) >= 11 is 0. The zero-order chi connectivity index (χ0) is 23.8. The smallest absolute Gasteiger partial charge is 0.228 e. The van der Waals surface area contributed by atoms with Crippen LogP contribution in [0.2, 0.25) is 0 Å². The van der Waals surface area contributed by atoms with Gasteiger partial charge in [-0.2, -0.15) is 15.0 Å². The van der Waals surface area contributed by atoms with Gasteiger partial charge in [-0.15, -0.1) is 0 Å². The fourth-order valence-corrected chi connectivity index (χ4v) is 2.92. The Balaban J connectivity index is 1.61. The number of aromatic nitrogens is 3. The van der Waals surface area contributed by atoms with E-state index in [1.165, 1.54) is 0 Å². The number of hydrogen-bond donors (Lipinski definition) is 3. The van der Waals surface area contributed by atoms with Crippen molar-refractivity contribution in [3.05, 3.63) is 71.5 Å². The van der Waals surface area contributed by atoms with Crippen LogP contribution >= 0.6 is 0 Å². The van der Waals surface area contributed by atoms with Crippen molar-refractivity contribution in [1.82, 2.24) is 15.0 Å². The first-order chi connectivity index (χ1) is 16.8. The summed E-state index contributed by atoms with van der Waals surface area (Å²) in [7, 11) is 1.65. The molecule has 0 amide bonds. The summed E-state index contributed by atoms with van der Waals surface area (Å²) in [5.41, 5.74) is 7.54. The summed E-state index contributed by atoms with van der Waals surface area (Å²) in [5.74, 6) is 2.33. The molecule has 3 aromatic rings. The molecule has 4 N–H and O–H groups in total. The molecule has 0 aliphatic rings. The molecule has 1 heterocycles. The number of benzene rings is 2. The van der Waals surface area contributed by atoms with Crippen LogP contribution in [0, 0.1) is 0 Å². The lowest BCUT2D eigenvalue weighted by Crippen LogP contribution is -2.16. The Morgan fingerprint density at radius 3 is 2.21 bits per heavy atom. The summed E-state index contributed by atoms with van der Waals surface area (Å²) in [5, 5.41) is 6.47. The molecule has 34 heavy (non-hydrogen) atoms. The summed E-state index contributed by atoms with van der Waals surface area (Å²) in [6, 6.07) is 17.8. The van der Waals surface area contributed by atoms with E-state index in [0.29, 0.717) is 63.8 Å². The third kappa shape index (κ3) is 9.14. The first kappa shape index (κ1) is 25.1. The van der Waals surface area contributed by atoms with E-state index in [9.17, 15) is 0 Å². The van der Waals surface area contributed by atoms with Gasteiger partial charge in [-0.25, -0.2) is 0 Å². The van der Waals surface area contributed by atoms with Crippen molar-refractivity contribution in [2.24, 2.45) is 5.73 Å². The second-order valence-electron chi connectivity index (χ2n) is 7.23. The van der Waals surface area contributed by atoms with Crippen LogP contribution in [-0.2, 0) is 16.0 Å². The first-order valence-electron chi connectivity index (χ1n) is 11.2. The van der Waals surface area contributed by atoms with Crippen molar-refractivity contribution in [3.63, 3.8) is 0 Å². The summed E-state index contributed by atoms with van der Waals surface area (Å²) < 4.78 is 16.1. The van der Waals surface area contributed by atoms with E-state index in [1.54, 1.807) is 7.11 Å². The molecule has 0 unspecified atom stereocenters. The van der Waals surface area contributed by atoms with Crippen LogP contribution in [-0.4, -0.2) is 61.6 Å². The normalized spacial score (nSPS) is 11.0. The maximum absolute atomic E-state index is 5.55. The third-order valence-electron chi connectivity index (χ3n) is 4.65. The number of nitrogens with two attached hydrogens (primary N) is 1. The highest BCUT2D eigenvalue weighted by atomic mass is 16.5. The van der Waals surface area contributed by atoms with Gasteiger partial charge in [-0.05, 0) is 29.3 Å². The van der Waals surface area contributed by atoms with E-state index in [4.69, 9.17) is 19.9 Å². The molecule has 0 bridgehead atoms. The average molecular weight is 465 g/mol. The molecule has 9 nitrogen and oxygen atoms in total. The van der Waals surface area contributed by atoms with Crippen LogP contribution in [0.3, 0.4) is 0 Å². The molecule has 0 aliphatic carbocycles. The second-order valence-corrected chi connectivity index (χ2v) is 7.23. The van der Waals surface area contributed by atoms with Crippen LogP contribution in [0.25, 0.3) is 12.2 Å². The lowest BCUT2D eigenvalue weighted by molar-refractivity contribution is 0.0547. The lowest BCUT2D eigenvalue weighted by atomic mass is 10.2. The maximum Gasteiger partial charge on any atom is 0.228 e. The average Bonchev–Trinajstić information content (AvgIpc) is 2.88. The highest BCUT2D eigenvalue weighted by Crippen LogP contribution is 2.14. The van der Waals surface area contributed by atoms with Crippen LogP contribution < -0.4 is 21.1 Å². The van der Waals surface area contributed by atoms with E-state index < -0.39 is 0 Å². The zero-order valence-corrected chi connectivity index (χ0v) is 19.4. The van der Waals surface area contributed by atoms with Crippen molar-refractivity contribution in [2.45, 2.75) is 6.54 Å². The van der Waals surface area contributed by atoms with Gasteiger partial charge in [0.1, 0.15) is 5.75 Å². The third-order valence-corrected chi connectivity index (χ3v) is 4.65. The Morgan fingerprint density at radius 2 is 1.50 bits per heavy atom. The van der Waals surface area contributed by atoms with Gasteiger partial charge < -0.3 is 30.6 Å². The van der Waals surface area contributed by atoms with Gasteiger partial charge in [0.05, 0.1) is 33.5 Å².